The van der Waals surface area contributed by atoms with E-state index in [0.29, 0.717) is 15.5 Å². The molecular weight excluding hydrogens is 257 g/mol. The van der Waals surface area contributed by atoms with Crippen molar-refractivity contribution in [2.45, 2.75) is 23.0 Å². The van der Waals surface area contributed by atoms with Gasteiger partial charge in [0.15, 0.2) is 0 Å². The van der Waals surface area contributed by atoms with E-state index in [0.717, 1.165) is 17.2 Å². The van der Waals surface area contributed by atoms with Gasteiger partial charge in [-0.2, -0.15) is 0 Å². The third kappa shape index (κ3) is 1.61. The van der Waals surface area contributed by atoms with Crippen LogP contribution in [-0.2, 0) is 9.84 Å². The molecule has 3 nitrogen and oxygen atoms in total. The summed E-state index contributed by atoms with van der Waals surface area (Å²) in [6.45, 7) is 2.10. The van der Waals surface area contributed by atoms with Crippen LogP contribution in [0, 0.1) is 0 Å². The molecule has 0 saturated carbocycles. The molecule has 19 heavy (non-hydrogen) atoms. The molecule has 0 unspecified atom stereocenters. The van der Waals surface area contributed by atoms with Gasteiger partial charge in [0.25, 0.3) is 0 Å². The van der Waals surface area contributed by atoms with Crippen molar-refractivity contribution in [1.82, 2.24) is 0 Å². The van der Waals surface area contributed by atoms with Gasteiger partial charge in [0.2, 0.25) is 16.6 Å². The van der Waals surface area contributed by atoms with Gasteiger partial charge >= 0.3 is 0 Å². The van der Waals surface area contributed by atoms with E-state index in [1.165, 1.54) is 0 Å². The summed E-state index contributed by atoms with van der Waals surface area (Å²) in [5.41, 5.74) is 8.19. The van der Waals surface area contributed by atoms with Gasteiger partial charge in [0.05, 0.1) is 9.79 Å². The lowest BCUT2D eigenvalue weighted by atomic mass is 9.38. The van der Waals surface area contributed by atoms with Crippen LogP contribution in [0.5, 0.6) is 0 Å². The molecule has 2 aromatic rings. The fraction of sp³-hybridized carbons (Fsp3) is 0.143. The number of hydrogen-bond donors (Lipinski definition) is 1. The van der Waals surface area contributed by atoms with Crippen LogP contribution in [0.4, 0.5) is 5.69 Å². The van der Waals surface area contributed by atoms with Crippen molar-refractivity contribution in [2.75, 3.05) is 5.73 Å². The van der Waals surface area contributed by atoms with Gasteiger partial charge in [-0.15, -0.1) is 0 Å². The lowest BCUT2D eigenvalue weighted by Crippen LogP contribution is -2.50. The van der Waals surface area contributed by atoms with Gasteiger partial charge in [-0.3, -0.25) is 0 Å². The highest BCUT2D eigenvalue weighted by Gasteiger charge is 2.37. The quantitative estimate of drug-likeness (QED) is 0.623. The largest absolute Gasteiger partial charge is 0.399 e. The number of nitrogens with two attached hydrogens (primary N) is 1. The zero-order valence-corrected chi connectivity index (χ0v) is 11.4. The van der Waals surface area contributed by atoms with Gasteiger partial charge in [0, 0.05) is 5.69 Å². The Bertz CT molecular complexity index is 756. The molecule has 0 saturated heterocycles. The average Bonchev–Trinajstić information content (AvgIpc) is 2.41. The maximum absolute atomic E-state index is 12.7. The van der Waals surface area contributed by atoms with Crippen molar-refractivity contribution in [3.05, 3.63) is 42.5 Å². The fourth-order valence-corrected chi connectivity index (χ4v) is 4.70. The average molecular weight is 271 g/mol. The van der Waals surface area contributed by atoms with Crippen LogP contribution in [0.25, 0.3) is 0 Å². The standard InChI is InChI=1S/C14H14BNO2S/c1-2-15-10-6-3-4-8-12(10)19(17,18)13-9-5-7-11(16)14(13)15/h3-9H,2,16H2,1H3. The summed E-state index contributed by atoms with van der Waals surface area (Å²) in [5, 5.41) is 0. The minimum atomic E-state index is -3.45. The van der Waals surface area contributed by atoms with Crippen molar-refractivity contribution in [1.29, 1.82) is 0 Å². The molecule has 2 aromatic carbocycles. The third-order valence-corrected chi connectivity index (χ3v) is 5.62. The van der Waals surface area contributed by atoms with Crippen LogP contribution < -0.4 is 16.7 Å². The van der Waals surface area contributed by atoms with E-state index in [2.05, 4.69) is 6.92 Å². The van der Waals surface area contributed by atoms with Crippen LogP contribution in [0.15, 0.2) is 52.3 Å². The molecule has 2 N–H and O–H groups in total. The summed E-state index contributed by atoms with van der Waals surface area (Å²) < 4.78 is 25.3. The minimum Gasteiger partial charge on any atom is -0.399 e. The first-order valence-electron chi connectivity index (χ1n) is 6.29. The SMILES string of the molecule is CCB1c2ccccc2S(=O)(=O)c2cccc(N)c21. The maximum atomic E-state index is 12.7. The van der Waals surface area contributed by atoms with Crippen molar-refractivity contribution in [2.24, 2.45) is 0 Å². The van der Waals surface area contributed by atoms with E-state index in [4.69, 9.17) is 5.73 Å². The van der Waals surface area contributed by atoms with Crippen molar-refractivity contribution < 1.29 is 8.42 Å². The summed E-state index contributed by atoms with van der Waals surface area (Å²) >= 11 is 0. The highest BCUT2D eigenvalue weighted by atomic mass is 32.2. The topological polar surface area (TPSA) is 60.2 Å². The monoisotopic (exact) mass is 271 g/mol. The van der Waals surface area contributed by atoms with Crippen molar-refractivity contribution >= 4 is 33.2 Å². The number of benzene rings is 2. The molecule has 0 amide bonds. The molecule has 5 heteroatoms. The van der Waals surface area contributed by atoms with Gasteiger partial charge in [-0.1, -0.05) is 43.0 Å². The van der Waals surface area contributed by atoms with Crippen LogP contribution in [0.2, 0.25) is 6.32 Å². The molecule has 0 spiro atoms. The van der Waals surface area contributed by atoms with Gasteiger partial charge in [-0.05, 0) is 23.7 Å². The summed E-state index contributed by atoms with van der Waals surface area (Å²) in [6, 6.07) is 12.3. The molecule has 3 rings (SSSR count). The normalized spacial score (nSPS) is 15.7. The first-order chi connectivity index (χ1) is 9.07. The van der Waals surface area contributed by atoms with Crippen molar-refractivity contribution in [3.8, 4) is 0 Å². The van der Waals surface area contributed by atoms with E-state index >= 15 is 0 Å². The molecule has 0 bridgehead atoms. The van der Waals surface area contributed by atoms with Gasteiger partial charge < -0.3 is 5.73 Å². The predicted octanol–water partition coefficient (Wildman–Crippen LogP) is 1.04. The molecule has 0 aliphatic carbocycles. The zero-order valence-electron chi connectivity index (χ0n) is 10.6. The Kier molecular flexibility index (Phi) is 2.67. The predicted molar refractivity (Wildman–Crippen MR) is 78.3 cm³/mol. The van der Waals surface area contributed by atoms with Crippen LogP contribution in [-0.4, -0.2) is 15.1 Å². The lowest BCUT2D eigenvalue weighted by Gasteiger charge is -2.26. The molecule has 96 valence electrons. The van der Waals surface area contributed by atoms with Crippen molar-refractivity contribution in [3.63, 3.8) is 0 Å². The summed E-state index contributed by atoms with van der Waals surface area (Å²) in [6.07, 6.45) is 0.827. The van der Waals surface area contributed by atoms with E-state index in [-0.39, 0.29) is 6.71 Å². The summed E-state index contributed by atoms with van der Waals surface area (Å²) in [4.78, 5) is 0.776. The number of fused-ring (bicyclic) bond motifs is 2. The van der Waals surface area contributed by atoms with Crippen LogP contribution in [0.3, 0.4) is 0 Å². The Labute approximate surface area is 113 Å². The highest BCUT2D eigenvalue weighted by molar-refractivity contribution is 7.92. The van der Waals surface area contributed by atoms with E-state index < -0.39 is 9.84 Å². The minimum absolute atomic E-state index is 0.0518. The first kappa shape index (κ1) is 12.3. The molecule has 1 aliphatic rings. The van der Waals surface area contributed by atoms with E-state index in [9.17, 15) is 8.42 Å². The number of anilines is 1. The summed E-state index contributed by atoms with van der Waals surface area (Å²) in [5.74, 6) is 0. The smallest absolute Gasteiger partial charge is 0.215 e. The van der Waals surface area contributed by atoms with Crippen LogP contribution in [0.1, 0.15) is 6.92 Å². The number of hydrogen-bond acceptors (Lipinski definition) is 3. The molecule has 1 heterocycles. The van der Waals surface area contributed by atoms with Gasteiger partial charge in [-0.25, -0.2) is 8.42 Å². The second-order valence-electron chi connectivity index (χ2n) is 4.76. The Balaban J connectivity index is 2.44. The molecule has 1 aliphatic heterocycles. The van der Waals surface area contributed by atoms with E-state index in [1.54, 1.807) is 30.3 Å². The zero-order chi connectivity index (χ0) is 13.6. The molecule has 0 fully saturated rings. The Morgan fingerprint density at radius 1 is 1.05 bits per heavy atom. The van der Waals surface area contributed by atoms with Crippen LogP contribution >= 0.6 is 0 Å². The highest BCUT2D eigenvalue weighted by Crippen LogP contribution is 2.26. The maximum Gasteiger partial charge on any atom is 0.215 e. The second kappa shape index (κ2) is 4.13. The second-order valence-corrected chi connectivity index (χ2v) is 6.65. The fourth-order valence-electron chi connectivity index (χ4n) is 2.88. The number of sulfone groups is 1. The molecule has 0 atom stereocenters. The number of rotatable bonds is 1. The molecule has 0 radical (unpaired) electrons. The lowest BCUT2D eigenvalue weighted by molar-refractivity contribution is 0.597. The summed E-state index contributed by atoms with van der Waals surface area (Å²) in [7, 11) is -3.45. The molecule has 0 aromatic heterocycles. The van der Waals surface area contributed by atoms with E-state index in [1.807, 2.05) is 12.1 Å². The first-order valence-corrected chi connectivity index (χ1v) is 7.78. The van der Waals surface area contributed by atoms with Gasteiger partial charge in [0.1, 0.15) is 0 Å². The molecular formula is C14H14BNO2S. The third-order valence-electron chi connectivity index (χ3n) is 3.73. The Hall–Kier alpha value is -1.75. The Morgan fingerprint density at radius 3 is 2.47 bits per heavy atom. The number of nitrogen functional groups attached to an aromatic ring is 1. The Morgan fingerprint density at radius 2 is 1.74 bits per heavy atom.